The molecule has 1 radical (unpaired) electrons. The van der Waals surface area contributed by atoms with Crippen molar-refractivity contribution in [3.63, 3.8) is 0 Å². The maximum absolute atomic E-state index is 4.25. The van der Waals surface area contributed by atoms with Crippen LogP contribution in [0.3, 0.4) is 0 Å². The number of allylic oxidation sites excluding steroid dienone is 3. The number of hydrogen-bond acceptors (Lipinski definition) is 0. The average Bonchev–Trinajstić information content (AvgIpc) is 2.03. The van der Waals surface area contributed by atoms with Crippen molar-refractivity contribution in [2.75, 3.05) is 0 Å². The Hall–Kier alpha value is -0.980. The maximum Gasteiger partial charge on any atom is 0.0717 e. The second-order valence-electron chi connectivity index (χ2n) is 2.25. The normalized spacial score (nSPS) is 23.5. The van der Waals surface area contributed by atoms with Gasteiger partial charge < -0.3 is 0 Å². The van der Waals surface area contributed by atoms with Crippen LogP contribution in [-0.2, 0) is 0 Å². The van der Waals surface area contributed by atoms with E-state index in [1.165, 1.54) is 0 Å². The zero-order valence-electron chi connectivity index (χ0n) is 6.20. The van der Waals surface area contributed by atoms with Crippen molar-refractivity contribution in [3.05, 3.63) is 36.6 Å². The van der Waals surface area contributed by atoms with E-state index in [4.69, 9.17) is 0 Å². The van der Waals surface area contributed by atoms with E-state index in [0.717, 1.165) is 6.42 Å². The molecular formula is C9H12N. The third-order valence-corrected chi connectivity index (χ3v) is 1.42. The topological polar surface area (TPSA) is 14.1 Å². The van der Waals surface area contributed by atoms with Gasteiger partial charge in [-0.3, -0.25) is 5.32 Å². The Morgan fingerprint density at radius 3 is 3.00 bits per heavy atom. The quantitative estimate of drug-likeness (QED) is 0.513. The van der Waals surface area contributed by atoms with Gasteiger partial charge in [0.1, 0.15) is 0 Å². The molecule has 0 N–H and O–H groups in total. The fourth-order valence-corrected chi connectivity index (χ4v) is 0.867. The molecule has 10 heavy (non-hydrogen) atoms. The second kappa shape index (κ2) is 3.94. The Morgan fingerprint density at radius 1 is 1.50 bits per heavy atom. The summed E-state index contributed by atoms with van der Waals surface area (Å²) in [5, 5.41) is 4.25. The van der Waals surface area contributed by atoms with Crippen LogP contribution in [-0.4, -0.2) is 6.04 Å². The summed E-state index contributed by atoms with van der Waals surface area (Å²) in [5.41, 5.74) is 0. The van der Waals surface area contributed by atoms with Crippen LogP contribution in [0.5, 0.6) is 0 Å². The fourth-order valence-electron chi connectivity index (χ4n) is 0.867. The van der Waals surface area contributed by atoms with Gasteiger partial charge in [0.25, 0.3) is 0 Å². The lowest BCUT2D eigenvalue weighted by atomic mass is 10.1. The molecule has 1 unspecified atom stereocenters. The van der Waals surface area contributed by atoms with Crippen molar-refractivity contribution >= 4 is 0 Å². The zero-order valence-corrected chi connectivity index (χ0v) is 6.20. The molecule has 1 aliphatic rings. The molecular weight excluding hydrogens is 122 g/mol. The molecule has 0 aromatic rings. The van der Waals surface area contributed by atoms with Crippen molar-refractivity contribution < 1.29 is 0 Å². The standard InChI is InChI=1S/C9H12N/c1-2-3-6-9-7-4-5-8-10-9/h2-5,7-9H,6H2,1H3/b3-2+. The highest BCUT2D eigenvalue weighted by Crippen LogP contribution is 2.01. The minimum absolute atomic E-state index is 0.376. The number of hydrogen-bond donors (Lipinski definition) is 0. The van der Waals surface area contributed by atoms with E-state index in [0.29, 0.717) is 6.04 Å². The summed E-state index contributed by atoms with van der Waals surface area (Å²) in [6, 6.07) is 0.376. The van der Waals surface area contributed by atoms with Crippen molar-refractivity contribution in [2.45, 2.75) is 19.4 Å². The summed E-state index contributed by atoms with van der Waals surface area (Å²) in [4.78, 5) is 0. The average molecular weight is 134 g/mol. The molecule has 0 bridgehead atoms. The van der Waals surface area contributed by atoms with Gasteiger partial charge >= 0.3 is 0 Å². The summed E-state index contributed by atoms with van der Waals surface area (Å²) in [7, 11) is 0. The minimum Gasteiger partial charge on any atom is -0.285 e. The Morgan fingerprint density at radius 2 is 2.40 bits per heavy atom. The SMILES string of the molecule is C/C=C/CC1C=CC=C[N]1. The third-order valence-electron chi connectivity index (χ3n) is 1.42. The second-order valence-corrected chi connectivity index (χ2v) is 2.25. The van der Waals surface area contributed by atoms with Crippen molar-refractivity contribution in [2.24, 2.45) is 0 Å². The van der Waals surface area contributed by atoms with Gasteiger partial charge in [-0.1, -0.05) is 24.3 Å². The lowest BCUT2D eigenvalue weighted by Crippen LogP contribution is -2.15. The maximum atomic E-state index is 4.25. The van der Waals surface area contributed by atoms with Gasteiger partial charge in [0.15, 0.2) is 0 Å². The van der Waals surface area contributed by atoms with Crippen LogP contribution < -0.4 is 5.32 Å². The molecule has 0 saturated carbocycles. The lowest BCUT2D eigenvalue weighted by molar-refractivity contribution is 0.690. The summed E-state index contributed by atoms with van der Waals surface area (Å²) in [6.07, 6.45) is 13.2. The van der Waals surface area contributed by atoms with Gasteiger partial charge in [0.2, 0.25) is 0 Å². The van der Waals surface area contributed by atoms with Gasteiger partial charge in [-0.05, 0) is 19.4 Å². The first-order valence-corrected chi connectivity index (χ1v) is 3.58. The molecule has 0 fully saturated rings. The summed E-state index contributed by atoms with van der Waals surface area (Å²) in [5.74, 6) is 0. The fraction of sp³-hybridized carbons (Fsp3) is 0.333. The molecule has 53 valence electrons. The van der Waals surface area contributed by atoms with Crippen LogP contribution in [0.1, 0.15) is 13.3 Å². The van der Waals surface area contributed by atoms with E-state index in [-0.39, 0.29) is 0 Å². The monoisotopic (exact) mass is 134 g/mol. The molecule has 0 aromatic carbocycles. The van der Waals surface area contributed by atoms with Crippen molar-refractivity contribution in [1.29, 1.82) is 0 Å². The molecule has 0 saturated heterocycles. The molecule has 1 rings (SSSR count). The summed E-state index contributed by atoms with van der Waals surface area (Å²) < 4.78 is 0. The Kier molecular flexibility index (Phi) is 2.81. The molecule has 0 spiro atoms. The summed E-state index contributed by atoms with van der Waals surface area (Å²) in [6.45, 7) is 2.03. The minimum atomic E-state index is 0.376. The first-order valence-electron chi connectivity index (χ1n) is 3.58. The third kappa shape index (κ3) is 2.09. The summed E-state index contributed by atoms with van der Waals surface area (Å²) >= 11 is 0. The van der Waals surface area contributed by atoms with E-state index in [1.54, 1.807) is 0 Å². The molecule has 0 aromatic heterocycles. The van der Waals surface area contributed by atoms with E-state index >= 15 is 0 Å². The van der Waals surface area contributed by atoms with E-state index in [2.05, 4.69) is 23.5 Å². The molecule has 0 amide bonds. The highest BCUT2D eigenvalue weighted by Gasteiger charge is 2.01. The number of rotatable bonds is 2. The smallest absolute Gasteiger partial charge is 0.0717 e. The van der Waals surface area contributed by atoms with Gasteiger partial charge in [-0.25, -0.2) is 0 Å². The number of nitrogens with zero attached hydrogens (tertiary/aromatic N) is 1. The van der Waals surface area contributed by atoms with Crippen LogP contribution in [0.25, 0.3) is 0 Å². The Bertz CT molecular complexity index is 166. The molecule has 1 nitrogen and oxygen atoms in total. The van der Waals surface area contributed by atoms with Gasteiger partial charge in [-0.15, -0.1) is 0 Å². The lowest BCUT2D eigenvalue weighted by Gasteiger charge is -2.09. The van der Waals surface area contributed by atoms with Gasteiger partial charge in [0.05, 0.1) is 6.04 Å². The largest absolute Gasteiger partial charge is 0.285 e. The predicted molar refractivity (Wildman–Crippen MR) is 43.6 cm³/mol. The van der Waals surface area contributed by atoms with Crippen LogP contribution in [0.2, 0.25) is 0 Å². The van der Waals surface area contributed by atoms with Gasteiger partial charge in [0, 0.05) is 6.20 Å². The van der Waals surface area contributed by atoms with Crippen LogP contribution in [0, 0.1) is 0 Å². The molecule has 0 aliphatic carbocycles. The van der Waals surface area contributed by atoms with Crippen molar-refractivity contribution in [1.82, 2.24) is 5.32 Å². The molecule has 1 heterocycles. The first-order chi connectivity index (χ1) is 4.93. The first kappa shape index (κ1) is 7.13. The van der Waals surface area contributed by atoms with Crippen LogP contribution in [0.4, 0.5) is 0 Å². The molecule has 1 atom stereocenters. The van der Waals surface area contributed by atoms with E-state index in [9.17, 15) is 0 Å². The van der Waals surface area contributed by atoms with E-state index in [1.807, 2.05) is 25.3 Å². The molecule has 1 aliphatic heterocycles. The highest BCUT2D eigenvalue weighted by atomic mass is 14.9. The Balaban J connectivity index is 2.30. The Labute approximate surface area is 62.1 Å². The zero-order chi connectivity index (χ0) is 7.23. The molecule has 1 heteroatoms. The predicted octanol–water partition coefficient (Wildman–Crippen LogP) is 2.01. The van der Waals surface area contributed by atoms with E-state index < -0.39 is 0 Å². The van der Waals surface area contributed by atoms with Crippen LogP contribution >= 0.6 is 0 Å². The highest BCUT2D eigenvalue weighted by molar-refractivity contribution is 5.12. The van der Waals surface area contributed by atoms with Crippen LogP contribution in [0.15, 0.2) is 36.6 Å². The van der Waals surface area contributed by atoms with Crippen molar-refractivity contribution in [3.8, 4) is 0 Å². The van der Waals surface area contributed by atoms with Gasteiger partial charge in [-0.2, -0.15) is 0 Å².